The van der Waals surface area contributed by atoms with Gasteiger partial charge in [0.15, 0.2) is 11.5 Å². The molecule has 0 bridgehead atoms. The molecule has 6 heteroatoms. The molecule has 4 N–H and O–H groups in total. The van der Waals surface area contributed by atoms with Gasteiger partial charge in [-0.3, -0.25) is 5.10 Å². The minimum atomic E-state index is 0.0906. The van der Waals surface area contributed by atoms with E-state index in [1.807, 2.05) is 0 Å². The van der Waals surface area contributed by atoms with Gasteiger partial charge in [0, 0.05) is 17.7 Å². The number of aromatic nitrogens is 2. The fourth-order valence-corrected chi connectivity index (χ4v) is 1.62. The predicted octanol–water partition coefficient (Wildman–Crippen LogP) is 1.09. The fraction of sp³-hybridized carbons (Fsp3) is 0.100. The molecule has 3 rings (SSSR count). The first-order valence-corrected chi connectivity index (χ1v) is 4.68. The summed E-state index contributed by atoms with van der Waals surface area (Å²) in [5.41, 5.74) is 6.71. The zero-order valence-corrected chi connectivity index (χ0v) is 8.23. The first kappa shape index (κ1) is 8.90. The Kier molecular flexibility index (Phi) is 1.70. The van der Waals surface area contributed by atoms with Crippen LogP contribution in [0.2, 0.25) is 0 Å². The van der Waals surface area contributed by atoms with Crippen molar-refractivity contribution >= 4 is 5.82 Å². The second kappa shape index (κ2) is 3.06. The summed E-state index contributed by atoms with van der Waals surface area (Å²) < 4.78 is 10.4. The maximum absolute atomic E-state index is 9.81. The number of nitrogen functional groups attached to an aromatic ring is 1. The zero-order valence-electron chi connectivity index (χ0n) is 8.23. The number of hydrogen-bond donors (Lipinski definition) is 3. The van der Waals surface area contributed by atoms with E-state index < -0.39 is 0 Å². The number of phenolic OH excluding ortho intramolecular Hbond substituents is 1. The molecule has 1 aromatic heterocycles. The molecule has 0 amide bonds. The molecule has 0 fully saturated rings. The Labute approximate surface area is 90.6 Å². The van der Waals surface area contributed by atoms with Crippen LogP contribution in [0.3, 0.4) is 0 Å². The van der Waals surface area contributed by atoms with Crippen LogP contribution in [0.1, 0.15) is 0 Å². The van der Waals surface area contributed by atoms with Crippen LogP contribution in [0.4, 0.5) is 5.82 Å². The van der Waals surface area contributed by atoms with Gasteiger partial charge in [0.05, 0.1) is 5.69 Å². The van der Waals surface area contributed by atoms with Crippen LogP contribution in [0, 0.1) is 0 Å². The van der Waals surface area contributed by atoms with Gasteiger partial charge in [-0.2, -0.15) is 5.10 Å². The number of phenols is 1. The first-order chi connectivity index (χ1) is 7.74. The molecule has 0 atom stereocenters. The molecule has 2 aromatic rings. The molecule has 6 nitrogen and oxygen atoms in total. The number of ether oxygens (including phenoxy) is 2. The van der Waals surface area contributed by atoms with Crippen molar-refractivity contribution in [1.82, 2.24) is 10.2 Å². The summed E-state index contributed by atoms with van der Waals surface area (Å²) in [5, 5.41) is 16.3. The van der Waals surface area contributed by atoms with Crippen molar-refractivity contribution in [3.63, 3.8) is 0 Å². The first-order valence-electron chi connectivity index (χ1n) is 4.68. The van der Waals surface area contributed by atoms with Crippen LogP contribution < -0.4 is 15.2 Å². The number of nitrogens with two attached hydrogens (primary N) is 1. The molecule has 0 saturated heterocycles. The molecule has 0 spiro atoms. The van der Waals surface area contributed by atoms with E-state index in [-0.39, 0.29) is 12.5 Å². The third-order valence-corrected chi connectivity index (χ3v) is 2.38. The Hall–Kier alpha value is -2.37. The maximum Gasteiger partial charge on any atom is 0.231 e. The number of nitrogens with one attached hydrogen (secondary N) is 1. The molecule has 0 saturated carbocycles. The smallest absolute Gasteiger partial charge is 0.231 e. The monoisotopic (exact) mass is 219 g/mol. The number of fused-ring (bicyclic) bond motifs is 1. The van der Waals surface area contributed by atoms with Crippen LogP contribution in [0.25, 0.3) is 11.3 Å². The summed E-state index contributed by atoms with van der Waals surface area (Å²) in [7, 11) is 0. The number of H-pyrrole nitrogens is 1. The van der Waals surface area contributed by atoms with E-state index in [9.17, 15) is 5.11 Å². The van der Waals surface area contributed by atoms with Gasteiger partial charge in [-0.1, -0.05) is 0 Å². The summed E-state index contributed by atoms with van der Waals surface area (Å²) in [6.45, 7) is 0.170. The maximum atomic E-state index is 9.81. The molecule has 82 valence electrons. The van der Waals surface area contributed by atoms with Gasteiger partial charge in [0.1, 0.15) is 11.6 Å². The highest BCUT2D eigenvalue weighted by Gasteiger charge is 2.18. The Morgan fingerprint density at radius 1 is 1.25 bits per heavy atom. The molecule has 0 radical (unpaired) electrons. The Bertz CT molecular complexity index is 550. The lowest BCUT2D eigenvalue weighted by atomic mass is 10.1. The zero-order chi connectivity index (χ0) is 11.1. The topological polar surface area (TPSA) is 93.4 Å². The lowest BCUT2D eigenvalue weighted by Gasteiger charge is -2.03. The van der Waals surface area contributed by atoms with Gasteiger partial charge < -0.3 is 20.3 Å². The van der Waals surface area contributed by atoms with Crippen LogP contribution in [0.15, 0.2) is 18.2 Å². The van der Waals surface area contributed by atoms with Crippen molar-refractivity contribution in [2.24, 2.45) is 0 Å². The van der Waals surface area contributed by atoms with E-state index >= 15 is 0 Å². The number of hydrogen-bond acceptors (Lipinski definition) is 5. The van der Waals surface area contributed by atoms with Gasteiger partial charge in [-0.05, 0) is 6.07 Å². The van der Waals surface area contributed by atoms with E-state index in [4.69, 9.17) is 15.2 Å². The minimum Gasteiger partial charge on any atom is -0.507 e. The largest absolute Gasteiger partial charge is 0.507 e. The SMILES string of the molecule is Nc1cc(-c2cc3c(cc2O)OCO3)[nH]n1. The van der Waals surface area contributed by atoms with Gasteiger partial charge in [-0.25, -0.2) is 0 Å². The third kappa shape index (κ3) is 1.23. The van der Waals surface area contributed by atoms with E-state index in [1.54, 1.807) is 12.1 Å². The van der Waals surface area contributed by atoms with E-state index in [0.717, 1.165) is 0 Å². The van der Waals surface area contributed by atoms with Gasteiger partial charge in [0.25, 0.3) is 0 Å². The Balaban J connectivity index is 2.14. The lowest BCUT2D eigenvalue weighted by molar-refractivity contribution is 0.174. The standard InChI is InChI=1S/C10H9N3O3/c11-10-2-6(12-13-10)5-1-8-9(3-7(5)14)16-4-15-8/h1-3,14H,4H2,(H3,11,12,13). The molecule has 2 heterocycles. The third-order valence-electron chi connectivity index (χ3n) is 2.38. The molecule has 1 aliphatic rings. The van der Waals surface area contributed by atoms with Crippen molar-refractivity contribution in [2.45, 2.75) is 0 Å². The number of anilines is 1. The van der Waals surface area contributed by atoms with E-state index in [0.29, 0.717) is 28.6 Å². The average molecular weight is 219 g/mol. The van der Waals surface area contributed by atoms with Crippen molar-refractivity contribution in [3.05, 3.63) is 18.2 Å². The summed E-state index contributed by atoms with van der Waals surface area (Å²) in [6, 6.07) is 4.83. The summed E-state index contributed by atoms with van der Waals surface area (Å²) >= 11 is 0. The van der Waals surface area contributed by atoms with E-state index in [2.05, 4.69) is 10.2 Å². The highest BCUT2D eigenvalue weighted by atomic mass is 16.7. The Morgan fingerprint density at radius 3 is 2.69 bits per heavy atom. The van der Waals surface area contributed by atoms with Crippen LogP contribution in [-0.4, -0.2) is 22.1 Å². The van der Waals surface area contributed by atoms with Crippen molar-refractivity contribution in [1.29, 1.82) is 0 Å². The normalized spacial score (nSPS) is 13.0. The molecular formula is C10H9N3O3. The second-order valence-electron chi connectivity index (χ2n) is 3.43. The molecular weight excluding hydrogens is 210 g/mol. The number of aromatic hydroxyl groups is 1. The average Bonchev–Trinajstić information content (AvgIpc) is 2.84. The number of aromatic amines is 1. The number of rotatable bonds is 1. The fourth-order valence-electron chi connectivity index (χ4n) is 1.62. The van der Waals surface area contributed by atoms with Gasteiger partial charge in [0.2, 0.25) is 6.79 Å². The van der Waals surface area contributed by atoms with Crippen molar-refractivity contribution in [3.8, 4) is 28.5 Å². The van der Waals surface area contributed by atoms with Gasteiger partial charge >= 0.3 is 0 Å². The van der Waals surface area contributed by atoms with Crippen molar-refractivity contribution in [2.75, 3.05) is 12.5 Å². The Morgan fingerprint density at radius 2 is 2.00 bits per heavy atom. The minimum absolute atomic E-state index is 0.0906. The molecule has 1 aromatic carbocycles. The quantitative estimate of drug-likeness (QED) is 0.667. The molecule has 16 heavy (non-hydrogen) atoms. The van der Waals surface area contributed by atoms with Gasteiger partial charge in [-0.15, -0.1) is 0 Å². The number of benzene rings is 1. The summed E-state index contributed by atoms with van der Waals surface area (Å²) in [6.07, 6.45) is 0. The highest BCUT2D eigenvalue weighted by molar-refractivity contribution is 5.72. The summed E-state index contributed by atoms with van der Waals surface area (Å²) in [5.74, 6) is 1.59. The van der Waals surface area contributed by atoms with Crippen LogP contribution in [0.5, 0.6) is 17.2 Å². The van der Waals surface area contributed by atoms with E-state index in [1.165, 1.54) is 6.07 Å². The predicted molar refractivity (Wildman–Crippen MR) is 56.2 cm³/mol. The van der Waals surface area contributed by atoms with Crippen LogP contribution in [-0.2, 0) is 0 Å². The molecule has 0 aliphatic carbocycles. The lowest BCUT2D eigenvalue weighted by Crippen LogP contribution is -1.92. The number of nitrogens with zero attached hydrogens (tertiary/aromatic N) is 1. The molecule has 1 aliphatic heterocycles. The van der Waals surface area contributed by atoms with Crippen LogP contribution >= 0.6 is 0 Å². The second-order valence-corrected chi connectivity index (χ2v) is 3.43. The summed E-state index contributed by atoms with van der Waals surface area (Å²) in [4.78, 5) is 0. The molecule has 0 unspecified atom stereocenters. The van der Waals surface area contributed by atoms with Crippen molar-refractivity contribution < 1.29 is 14.6 Å². The highest BCUT2D eigenvalue weighted by Crippen LogP contribution is 2.41.